The number of amides is 1. The van der Waals surface area contributed by atoms with E-state index in [1.807, 2.05) is 19.1 Å². The van der Waals surface area contributed by atoms with Crippen LogP contribution in [0.4, 0.5) is 5.69 Å². The molecule has 1 aromatic heterocycles. The molecule has 21 heavy (non-hydrogen) atoms. The van der Waals surface area contributed by atoms with Gasteiger partial charge < -0.3 is 10.3 Å². The van der Waals surface area contributed by atoms with Crippen LogP contribution in [0, 0.1) is 6.92 Å². The average Bonchev–Trinajstić information content (AvgIpc) is 2.85. The maximum absolute atomic E-state index is 12.4. The van der Waals surface area contributed by atoms with Gasteiger partial charge in [-0.3, -0.25) is 4.79 Å². The number of fused-ring (bicyclic) bond motifs is 1. The van der Waals surface area contributed by atoms with Gasteiger partial charge in [-0.05, 0) is 42.8 Å². The summed E-state index contributed by atoms with van der Waals surface area (Å²) in [4.78, 5) is 15.5. The van der Waals surface area contributed by atoms with Crippen molar-refractivity contribution in [3.8, 4) is 0 Å². The minimum Gasteiger partial charge on any atom is -0.360 e. The minimum absolute atomic E-state index is 0.200. The van der Waals surface area contributed by atoms with Crippen LogP contribution < -0.4 is 5.32 Å². The van der Waals surface area contributed by atoms with Gasteiger partial charge in [0.15, 0.2) is 0 Å². The van der Waals surface area contributed by atoms with Crippen molar-refractivity contribution in [1.29, 1.82) is 0 Å². The second kappa shape index (κ2) is 5.43. The lowest BCUT2D eigenvalue weighted by molar-refractivity contribution is 0.102. The van der Waals surface area contributed by atoms with Crippen molar-refractivity contribution in [2.24, 2.45) is 0 Å². The van der Waals surface area contributed by atoms with Crippen molar-refractivity contribution in [3.05, 3.63) is 63.8 Å². The molecular formula is C16H12Cl2N2O. The molecule has 0 aliphatic heterocycles. The number of halogens is 2. The maximum Gasteiger partial charge on any atom is 0.257 e. The number of aryl methyl sites for hydroxylation is 1. The molecule has 0 aliphatic carbocycles. The van der Waals surface area contributed by atoms with Crippen LogP contribution in [0.25, 0.3) is 10.9 Å². The van der Waals surface area contributed by atoms with Crippen molar-refractivity contribution in [3.63, 3.8) is 0 Å². The highest BCUT2D eigenvalue weighted by molar-refractivity contribution is 6.32. The molecule has 1 amide bonds. The molecule has 1 heterocycles. The molecule has 2 aromatic carbocycles. The van der Waals surface area contributed by atoms with Crippen LogP contribution in [-0.4, -0.2) is 10.9 Å². The van der Waals surface area contributed by atoms with Crippen LogP contribution in [0.15, 0.2) is 42.6 Å². The Morgan fingerprint density at radius 3 is 2.62 bits per heavy atom. The van der Waals surface area contributed by atoms with Gasteiger partial charge in [0.25, 0.3) is 5.91 Å². The van der Waals surface area contributed by atoms with Gasteiger partial charge in [-0.1, -0.05) is 29.3 Å². The first-order valence-corrected chi connectivity index (χ1v) is 7.14. The molecule has 0 bridgehead atoms. The summed E-state index contributed by atoms with van der Waals surface area (Å²) in [6, 6.07) is 10.8. The lowest BCUT2D eigenvalue weighted by Crippen LogP contribution is -2.12. The number of nitrogens with one attached hydrogen (secondary N) is 2. The van der Waals surface area contributed by atoms with Crippen LogP contribution >= 0.6 is 23.2 Å². The van der Waals surface area contributed by atoms with E-state index in [4.69, 9.17) is 23.2 Å². The molecule has 0 atom stereocenters. The zero-order valence-corrected chi connectivity index (χ0v) is 12.7. The van der Waals surface area contributed by atoms with E-state index in [-0.39, 0.29) is 5.91 Å². The van der Waals surface area contributed by atoms with Crippen LogP contribution in [0.2, 0.25) is 10.0 Å². The Morgan fingerprint density at radius 1 is 1.10 bits per heavy atom. The summed E-state index contributed by atoms with van der Waals surface area (Å²) in [6.45, 7) is 1.91. The molecule has 0 saturated heterocycles. The van der Waals surface area contributed by atoms with E-state index < -0.39 is 0 Å². The first kappa shape index (κ1) is 14.0. The Balaban J connectivity index is 1.97. The third-order valence-corrected chi connectivity index (χ3v) is 3.81. The van der Waals surface area contributed by atoms with Gasteiger partial charge in [0, 0.05) is 32.8 Å². The lowest BCUT2D eigenvalue weighted by Gasteiger charge is -2.08. The number of rotatable bonds is 2. The number of anilines is 1. The van der Waals surface area contributed by atoms with Crippen LogP contribution in [0.3, 0.4) is 0 Å². The predicted octanol–water partition coefficient (Wildman–Crippen LogP) is 5.04. The third kappa shape index (κ3) is 2.75. The Kier molecular flexibility index (Phi) is 3.62. The standard InChI is InChI=1S/C16H12Cl2N2O/c1-9-2-3-11(18)7-15(9)20-16(21)13-8-19-14-5-4-10(17)6-12(13)14/h2-8,19H,1H3,(H,20,21). The van der Waals surface area contributed by atoms with Gasteiger partial charge in [0.1, 0.15) is 0 Å². The normalized spacial score (nSPS) is 10.8. The second-order valence-corrected chi connectivity index (χ2v) is 5.68. The molecule has 3 nitrogen and oxygen atoms in total. The SMILES string of the molecule is Cc1ccc(Cl)cc1NC(=O)c1c[nH]c2ccc(Cl)cc12. The Labute approximate surface area is 131 Å². The average molecular weight is 319 g/mol. The van der Waals surface area contributed by atoms with E-state index in [2.05, 4.69) is 10.3 Å². The van der Waals surface area contributed by atoms with Gasteiger partial charge in [0.05, 0.1) is 5.56 Å². The largest absolute Gasteiger partial charge is 0.360 e. The Hall–Kier alpha value is -1.97. The fourth-order valence-corrected chi connectivity index (χ4v) is 2.54. The van der Waals surface area contributed by atoms with Crippen molar-refractivity contribution in [2.75, 3.05) is 5.32 Å². The number of aromatic amines is 1. The first-order valence-electron chi connectivity index (χ1n) is 6.39. The zero-order chi connectivity index (χ0) is 15.0. The molecule has 0 unspecified atom stereocenters. The molecular weight excluding hydrogens is 307 g/mol. The van der Waals surface area contributed by atoms with Gasteiger partial charge >= 0.3 is 0 Å². The van der Waals surface area contributed by atoms with Gasteiger partial charge in [-0.15, -0.1) is 0 Å². The van der Waals surface area contributed by atoms with E-state index in [1.165, 1.54) is 0 Å². The number of H-pyrrole nitrogens is 1. The Bertz CT molecular complexity index is 839. The molecule has 5 heteroatoms. The molecule has 0 radical (unpaired) electrons. The fourth-order valence-electron chi connectivity index (χ4n) is 2.20. The summed E-state index contributed by atoms with van der Waals surface area (Å²) in [5.41, 5.74) is 3.06. The summed E-state index contributed by atoms with van der Waals surface area (Å²) in [7, 11) is 0. The third-order valence-electron chi connectivity index (χ3n) is 3.34. The Morgan fingerprint density at radius 2 is 1.81 bits per heavy atom. The van der Waals surface area contributed by atoms with Crippen molar-refractivity contribution >= 4 is 45.7 Å². The molecule has 3 aromatic rings. The zero-order valence-electron chi connectivity index (χ0n) is 11.2. The van der Waals surface area contributed by atoms with Crippen molar-refractivity contribution in [2.45, 2.75) is 6.92 Å². The molecule has 0 fully saturated rings. The number of carbonyl (C=O) groups is 1. The van der Waals surface area contributed by atoms with E-state index in [0.717, 1.165) is 16.5 Å². The topological polar surface area (TPSA) is 44.9 Å². The summed E-state index contributed by atoms with van der Waals surface area (Å²) in [6.07, 6.45) is 1.68. The van der Waals surface area contributed by atoms with E-state index >= 15 is 0 Å². The number of hydrogen-bond acceptors (Lipinski definition) is 1. The van der Waals surface area contributed by atoms with E-state index in [1.54, 1.807) is 30.5 Å². The monoisotopic (exact) mass is 318 g/mol. The van der Waals surface area contributed by atoms with Crippen molar-refractivity contribution in [1.82, 2.24) is 4.98 Å². The van der Waals surface area contributed by atoms with Crippen LogP contribution in [-0.2, 0) is 0 Å². The highest BCUT2D eigenvalue weighted by atomic mass is 35.5. The summed E-state index contributed by atoms with van der Waals surface area (Å²) in [5, 5.41) is 4.84. The summed E-state index contributed by atoms with van der Waals surface area (Å²) >= 11 is 12.0. The number of aromatic nitrogens is 1. The van der Waals surface area contributed by atoms with Crippen LogP contribution in [0.1, 0.15) is 15.9 Å². The number of carbonyl (C=O) groups excluding carboxylic acids is 1. The number of hydrogen-bond donors (Lipinski definition) is 2. The molecule has 106 valence electrons. The molecule has 3 rings (SSSR count). The second-order valence-electron chi connectivity index (χ2n) is 4.81. The van der Waals surface area contributed by atoms with Gasteiger partial charge in [-0.2, -0.15) is 0 Å². The maximum atomic E-state index is 12.4. The molecule has 0 saturated carbocycles. The van der Waals surface area contributed by atoms with Crippen LogP contribution in [0.5, 0.6) is 0 Å². The molecule has 0 spiro atoms. The summed E-state index contributed by atoms with van der Waals surface area (Å²) in [5.74, 6) is -0.200. The number of benzene rings is 2. The van der Waals surface area contributed by atoms with Gasteiger partial charge in [-0.25, -0.2) is 0 Å². The summed E-state index contributed by atoms with van der Waals surface area (Å²) < 4.78 is 0. The molecule has 0 aliphatic rings. The van der Waals surface area contributed by atoms with Gasteiger partial charge in [0.2, 0.25) is 0 Å². The van der Waals surface area contributed by atoms with E-state index in [9.17, 15) is 4.79 Å². The van der Waals surface area contributed by atoms with E-state index in [0.29, 0.717) is 21.3 Å². The lowest BCUT2D eigenvalue weighted by atomic mass is 10.1. The predicted molar refractivity (Wildman–Crippen MR) is 87.5 cm³/mol. The first-order chi connectivity index (χ1) is 10.0. The quantitative estimate of drug-likeness (QED) is 0.683. The highest BCUT2D eigenvalue weighted by Crippen LogP contribution is 2.25. The van der Waals surface area contributed by atoms with Crippen molar-refractivity contribution < 1.29 is 4.79 Å². The smallest absolute Gasteiger partial charge is 0.257 e. The highest BCUT2D eigenvalue weighted by Gasteiger charge is 2.13. The fraction of sp³-hybridized carbons (Fsp3) is 0.0625. The minimum atomic E-state index is -0.200. The molecule has 2 N–H and O–H groups in total.